The lowest BCUT2D eigenvalue weighted by molar-refractivity contribution is 0.412. The number of rotatable bonds is 2. The van der Waals surface area contributed by atoms with Crippen LogP contribution in [0.4, 0.5) is 10.1 Å². The van der Waals surface area contributed by atoms with E-state index < -0.39 is 0 Å². The summed E-state index contributed by atoms with van der Waals surface area (Å²) in [6.45, 7) is 1.94. The summed E-state index contributed by atoms with van der Waals surface area (Å²) in [4.78, 5) is 2.26. The first-order valence-electron chi connectivity index (χ1n) is 5.67. The summed E-state index contributed by atoms with van der Waals surface area (Å²) in [5, 5.41) is 8.63. The van der Waals surface area contributed by atoms with E-state index in [0.717, 1.165) is 31.6 Å². The molecule has 0 aromatic heterocycles. The van der Waals surface area contributed by atoms with Gasteiger partial charge in [0.2, 0.25) is 0 Å². The second kappa shape index (κ2) is 4.98. The minimum Gasteiger partial charge on any atom is -0.372 e. The van der Waals surface area contributed by atoms with Crippen molar-refractivity contribution in [1.29, 1.82) is 5.26 Å². The molecule has 1 saturated heterocycles. The van der Waals surface area contributed by atoms with E-state index >= 15 is 0 Å². The third-order valence-electron chi connectivity index (χ3n) is 3.19. The van der Waals surface area contributed by atoms with Crippen molar-refractivity contribution in [3.05, 3.63) is 30.1 Å². The lowest BCUT2D eigenvalue weighted by Crippen LogP contribution is -2.33. The van der Waals surface area contributed by atoms with Crippen molar-refractivity contribution in [3.8, 4) is 6.07 Å². The summed E-state index contributed by atoms with van der Waals surface area (Å²) in [6, 6.07) is 8.86. The van der Waals surface area contributed by atoms with Gasteiger partial charge in [0.15, 0.2) is 0 Å². The smallest absolute Gasteiger partial charge is 0.123 e. The second-order valence-corrected chi connectivity index (χ2v) is 4.27. The number of nitriles is 1. The molecule has 0 spiro atoms. The number of hydrogen-bond donors (Lipinski definition) is 0. The molecule has 1 aromatic carbocycles. The molecule has 1 aromatic rings. The van der Waals surface area contributed by atoms with Gasteiger partial charge in [-0.05, 0) is 43.0 Å². The Balaban J connectivity index is 1.94. The summed E-state index contributed by atoms with van der Waals surface area (Å²) in [5.41, 5.74) is 1.08. The van der Waals surface area contributed by atoms with Crippen LogP contribution in [0.15, 0.2) is 24.3 Å². The molecule has 84 valence electrons. The summed E-state index contributed by atoms with van der Waals surface area (Å²) >= 11 is 0. The fourth-order valence-corrected chi connectivity index (χ4v) is 2.18. The minimum absolute atomic E-state index is 0.192. The quantitative estimate of drug-likeness (QED) is 0.763. The van der Waals surface area contributed by atoms with Gasteiger partial charge >= 0.3 is 0 Å². The van der Waals surface area contributed by atoms with Gasteiger partial charge in [0.1, 0.15) is 5.82 Å². The summed E-state index contributed by atoms with van der Waals surface area (Å²) in [6.07, 6.45) is 2.78. The lowest BCUT2D eigenvalue weighted by Gasteiger charge is -2.32. The molecule has 1 heterocycles. The molecular formula is C13H15FN2. The Hall–Kier alpha value is -1.56. The molecule has 0 atom stereocenters. The molecule has 1 fully saturated rings. The van der Waals surface area contributed by atoms with Crippen LogP contribution in [0, 0.1) is 23.1 Å². The Labute approximate surface area is 95.3 Å². The van der Waals surface area contributed by atoms with E-state index in [1.54, 1.807) is 0 Å². The van der Waals surface area contributed by atoms with E-state index in [1.807, 2.05) is 12.1 Å². The van der Waals surface area contributed by atoms with Crippen LogP contribution in [-0.4, -0.2) is 13.1 Å². The van der Waals surface area contributed by atoms with Gasteiger partial charge in [-0.2, -0.15) is 5.26 Å². The van der Waals surface area contributed by atoms with Crippen LogP contribution >= 0.6 is 0 Å². The highest BCUT2D eigenvalue weighted by molar-refractivity contribution is 5.46. The summed E-state index contributed by atoms with van der Waals surface area (Å²) < 4.78 is 12.8. The van der Waals surface area contributed by atoms with Crippen LogP contribution < -0.4 is 4.90 Å². The standard InChI is InChI=1S/C13H15FN2/c14-12-1-3-13(4-2-12)16-9-6-11(5-8-15)7-10-16/h1-4,11H,5-7,9-10H2. The summed E-state index contributed by atoms with van der Waals surface area (Å²) in [5.74, 6) is 0.352. The molecular weight excluding hydrogens is 203 g/mol. The molecule has 0 N–H and O–H groups in total. The number of nitrogens with zero attached hydrogens (tertiary/aromatic N) is 2. The average molecular weight is 218 g/mol. The largest absolute Gasteiger partial charge is 0.372 e. The highest BCUT2D eigenvalue weighted by Gasteiger charge is 2.18. The zero-order chi connectivity index (χ0) is 11.4. The number of hydrogen-bond acceptors (Lipinski definition) is 2. The predicted molar refractivity (Wildman–Crippen MR) is 61.6 cm³/mol. The maximum Gasteiger partial charge on any atom is 0.123 e. The first-order chi connectivity index (χ1) is 7.79. The van der Waals surface area contributed by atoms with Crippen molar-refractivity contribution in [2.75, 3.05) is 18.0 Å². The number of benzene rings is 1. The van der Waals surface area contributed by atoms with E-state index in [9.17, 15) is 4.39 Å². The molecule has 2 nitrogen and oxygen atoms in total. The van der Waals surface area contributed by atoms with Gasteiger partial charge in [0.25, 0.3) is 0 Å². The zero-order valence-corrected chi connectivity index (χ0v) is 9.19. The fraction of sp³-hybridized carbons (Fsp3) is 0.462. The highest BCUT2D eigenvalue weighted by Crippen LogP contribution is 2.24. The molecule has 1 aliphatic heterocycles. The van der Waals surface area contributed by atoms with E-state index in [4.69, 9.17) is 5.26 Å². The number of halogens is 1. The van der Waals surface area contributed by atoms with Crippen molar-refractivity contribution >= 4 is 5.69 Å². The van der Waals surface area contributed by atoms with Crippen LogP contribution in [0.5, 0.6) is 0 Å². The van der Waals surface area contributed by atoms with Gasteiger partial charge < -0.3 is 4.90 Å². The van der Waals surface area contributed by atoms with Gasteiger partial charge in [0.05, 0.1) is 6.07 Å². The van der Waals surface area contributed by atoms with Crippen molar-refractivity contribution in [2.24, 2.45) is 5.92 Å². The Kier molecular flexibility index (Phi) is 3.40. The SMILES string of the molecule is N#CCC1CCN(c2ccc(F)cc2)CC1. The third kappa shape index (κ3) is 2.52. The van der Waals surface area contributed by atoms with E-state index in [1.165, 1.54) is 12.1 Å². The molecule has 0 radical (unpaired) electrons. The molecule has 0 saturated carbocycles. The lowest BCUT2D eigenvalue weighted by atomic mass is 9.94. The van der Waals surface area contributed by atoms with Gasteiger partial charge in [-0.25, -0.2) is 4.39 Å². The van der Waals surface area contributed by atoms with Crippen molar-refractivity contribution < 1.29 is 4.39 Å². The van der Waals surface area contributed by atoms with E-state index in [0.29, 0.717) is 12.3 Å². The number of anilines is 1. The van der Waals surface area contributed by atoms with Gasteiger partial charge in [0, 0.05) is 25.2 Å². The van der Waals surface area contributed by atoms with Crippen molar-refractivity contribution in [2.45, 2.75) is 19.3 Å². The molecule has 0 bridgehead atoms. The third-order valence-corrected chi connectivity index (χ3v) is 3.19. The van der Waals surface area contributed by atoms with E-state index in [-0.39, 0.29) is 5.82 Å². The molecule has 16 heavy (non-hydrogen) atoms. The maximum atomic E-state index is 12.8. The molecule has 0 aliphatic carbocycles. The fourth-order valence-electron chi connectivity index (χ4n) is 2.18. The molecule has 0 amide bonds. The van der Waals surface area contributed by atoms with Gasteiger partial charge in [-0.1, -0.05) is 0 Å². The van der Waals surface area contributed by atoms with Crippen molar-refractivity contribution in [3.63, 3.8) is 0 Å². The van der Waals surface area contributed by atoms with Crippen molar-refractivity contribution in [1.82, 2.24) is 0 Å². The van der Waals surface area contributed by atoms with Crippen LogP contribution in [-0.2, 0) is 0 Å². The Morgan fingerprint density at radius 2 is 1.88 bits per heavy atom. The predicted octanol–water partition coefficient (Wildman–Crippen LogP) is 2.96. The highest BCUT2D eigenvalue weighted by atomic mass is 19.1. The molecule has 1 aliphatic rings. The summed E-state index contributed by atoms with van der Waals surface area (Å²) in [7, 11) is 0. The Morgan fingerprint density at radius 1 is 1.25 bits per heavy atom. The van der Waals surface area contributed by atoms with Crippen LogP contribution in [0.3, 0.4) is 0 Å². The van der Waals surface area contributed by atoms with Crippen LogP contribution in [0.2, 0.25) is 0 Å². The molecule has 0 unspecified atom stereocenters. The second-order valence-electron chi connectivity index (χ2n) is 4.27. The van der Waals surface area contributed by atoms with Crippen LogP contribution in [0.25, 0.3) is 0 Å². The van der Waals surface area contributed by atoms with Crippen LogP contribution in [0.1, 0.15) is 19.3 Å². The first kappa shape index (κ1) is 10.9. The minimum atomic E-state index is -0.192. The topological polar surface area (TPSA) is 27.0 Å². The van der Waals surface area contributed by atoms with E-state index in [2.05, 4.69) is 11.0 Å². The van der Waals surface area contributed by atoms with Gasteiger partial charge in [-0.15, -0.1) is 0 Å². The molecule has 3 heteroatoms. The first-order valence-corrected chi connectivity index (χ1v) is 5.67. The molecule has 2 rings (SSSR count). The normalized spacial score (nSPS) is 17.1. The zero-order valence-electron chi connectivity index (χ0n) is 9.19. The Morgan fingerprint density at radius 3 is 2.44 bits per heavy atom. The monoisotopic (exact) mass is 218 g/mol. The Bertz CT molecular complexity index is 372. The maximum absolute atomic E-state index is 12.8. The average Bonchev–Trinajstić information content (AvgIpc) is 2.32. The number of piperidine rings is 1. The van der Waals surface area contributed by atoms with Gasteiger partial charge in [-0.3, -0.25) is 0 Å².